The van der Waals surface area contributed by atoms with Crippen molar-refractivity contribution in [3.8, 4) is 6.07 Å². The number of β-amino-alcohol motifs (C(OH)–C–C–N with tert-alkyl or cyclic N) is 1. The first-order chi connectivity index (χ1) is 8.46. The Kier molecular flexibility index (Phi) is 3.22. The zero-order chi connectivity index (χ0) is 13.3. The van der Waals surface area contributed by atoms with Gasteiger partial charge in [0.05, 0.1) is 16.6 Å². The van der Waals surface area contributed by atoms with Gasteiger partial charge in [-0.25, -0.2) is 8.42 Å². The lowest BCUT2D eigenvalue weighted by Crippen LogP contribution is -2.30. The highest BCUT2D eigenvalue weighted by molar-refractivity contribution is 7.89. The van der Waals surface area contributed by atoms with Gasteiger partial charge in [0, 0.05) is 13.1 Å². The van der Waals surface area contributed by atoms with Crippen molar-refractivity contribution in [2.24, 2.45) is 0 Å². The van der Waals surface area contributed by atoms with Crippen LogP contribution in [0.3, 0.4) is 0 Å². The molecule has 0 saturated carbocycles. The molecule has 1 unspecified atom stereocenters. The highest BCUT2D eigenvalue weighted by atomic mass is 32.2. The maximum Gasteiger partial charge on any atom is 0.244 e. The molecule has 0 aromatic heterocycles. The van der Waals surface area contributed by atoms with Gasteiger partial charge in [0.2, 0.25) is 10.0 Å². The summed E-state index contributed by atoms with van der Waals surface area (Å²) in [7, 11) is -3.76. The third-order valence-electron chi connectivity index (χ3n) is 2.85. The minimum atomic E-state index is -3.76. The average Bonchev–Trinajstić information content (AvgIpc) is 2.70. The van der Waals surface area contributed by atoms with Crippen LogP contribution in [0.4, 0.5) is 0 Å². The smallest absolute Gasteiger partial charge is 0.244 e. The van der Waals surface area contributed by atoms with E-state index >= 15 is 0 Å². The lowest BCUT2D eigenvalue weighted by Gasteiger charge is -2.16. The Morgan fingerprint density at radius 3 is 2.67 bits per heavy atom. The molecular weight excluding hydrogens is 252 g/mol. The van der Waals surface area contributed by atoms with Crippen molar-refractivity contribution >= 4 is 10.0 Å². The van der Waals surface area contributed by atoms with Crippen molar-refractivity contribution in [2.45, 2.75) is 11.0 Å². The molecule has 0 aliphatic carbocycles. The lowest BCUT2D eigenvalue weighted by atomic mass is 10.2. The third kappa shape index (κ3) is 2.04. The highest BCUT2D eigenvalue weighted by Crippen LogP contribution is 2.25. The second kappa shape index (κ2) is 4.53. The van der Waals surface area contributed by atoms with Crippen LogP contribution in [-0.2, 0) is 10.0 Å². The normalized spacial score (nSPS) is 20.9. The van der Waals surface area contributed by atoms with E-state index in [-0.39, 0.29) is 23.5 Å². The van der Waals surface area contributed by atoms with Crippen molar-refractivity contribution < 1.29 is 13.5 Å². The quantitative estimate of drug-likeness (QED) is 0.788. The molecule has 1 aromatic carbocycles. The van der Waals surface area contributed by atoms with Gasteiger partial charge in [0.15, 0.2) is 0 Å². The summed E-state index contributed by atoms with van der Waals surface area (Å²) in [6.07, 6.45) is -0.839. The van der Waals surface area contributed by atoms with Gasteiger partial charge in [-0.1, -0.05) is 18.7 Å². The molecule has 2 rings (SSSR count). The molecule has 94 valence electrons. The van der Waals surface area contributed by atoms with E-state index in [1.54, 1.807) is 12.1 Å². The van der Waals surface area contributed by atoms with Crippen molar-refractivity contribution in [3.63, 3.8) is 0 Å². The summed E-state index contributed by atoms with van der Waals surface area (Å²) in [5, 5.41) is 18.5. The van der Waals surface area contributed by atoms with Crippen molar-refractivity contribution in [1.29, 1.82) is 5.26 Å². The second-order valence-electron chi connectivity index (χ2n) is 4.08. The average molecular weight is 264 g/mol. The lowest BCUT2D eigenvalue weighted by molar-refractivity contribution is 0.217. The molecule has 0 radical (unpaired) electrons. The van der Waals surface area contributed by atoms with Gasteiger partial charge < -0.3 is 5.11 Å². The first-order valence-electron chi connectivity index (χ1n) is 5.32. The number of aliphatic hydroxyl groups excluding tert-OH is 1. The van der Waals surface area contributed by atoms with Gasteiger partial charge in [-0.3, -0.25) is 0 Å². The Morgan fingerprint density at radius 2 is 2.11 bits per heavy atom. The molecule has 1 aromatic rings. The SMILES string of the molecule is C=C1CN(S(=O)(=O)c2ccccc2C#N)CC1O. The summed E-state index contributed by atoms with van der Waals surface area (Å²) in [6, 6.07) is 7.87. The molecule has 0 bridgehead atoms. The first-order valence-corrected chi connectivity index (χ1v) is 6.76. The van der Waals surface area contributed by atoms with Crippen LogP contribution < -0.4 is 0 Å². The molecule has 1 fully saturated rings. The van der Waals surface area contributed by atoms with Crippen LogP contribution >= 0.6 is 0 Å². The molecule has 0 spiro atoms. The van der Waals surface area contributed by atoms with Gasteiger partial charge in [0.1, 0.15) is 6.07 Å². The largest absolute Gasteiger partial charge is 0.387 e. The van der Waals surface area contributed by atoms with Crippen molar-refractivity contribution in [2.75, 3.05) is 13.1 Å². The molecule has 1 saturated heterocycles. The van der Waals surface area contributed by atoms with Gasteiger partial charge in [-0.15, -0.1) is 0 Å². The molecule has 1 aliphatic heterocycles. The van der Waals surface area contributed by atoms with E-state index in [2.05, 4.69) is 6.58 Å². The molecule has 0 amide bonds. The Morgan fingerprint density at radius 1 is 1.44 bits per heavy atom. The Bertz CT molecular complexity index is 631. The summed E-state index contributed by atoms with van der Waals surface area (Å²) in [6.45, 7) is 3.69. The van der Waals surface area contributed by atoms with Crippen LogP contribution in [0, 0.1) is 11.3 Å². The molecule has 18 heavy (non-hydrogen) atoms. The van der Waals surface area contributed by atoms with E-state index in [0.717, 1.165) is 4.31 Å². The fourth-order valence-electron chi connectivity index (χ4n) is 1.82. The summed E-state index contributed by atoms with van der Waals surface area (Å²) in [5.74, 6) is 0. The second-order valence-corrected chi connectivity index (χ2v) is 5.99. The molecule has 5 nitrogen and oxygen atoms in total. The maximum atomic E-state index is 12.3. The van der Waals surface area contributed by atoms with Crippen LogP contribution in [0.2, 0.25) is 0 Å². The van der Waals surface area contributed by atoms with E-state index in [1.165, 1.54) is 12.1 Å². The van der Waals surface area contributed by atoms with Gasteiger partial charge in [-0.2, -0.15) is 9.57 Å². The van der Waals surface area contributed by atoms with Crippen LogP contribution in [-0.4, -0.2) is 37.0 Å². The molecule has 1 heterocycles. The van der Waals surface area contributed by atoms with Gasteiger partial charge in [0.25, 0.3) is 0 Å². The third-order valence-corrected chi connectivity index (χ3v) is 4.72. The predicted molar refractivity (Wildman–Crippen MR) is 65.1 cm³/mol. The molecule has 1 aliphatic rings. The van der Waals surface area contributed by atoms with E-state index in [0.29, 0.717) is 5.57 Å². The number of nitriles is 1. The minimum absolute atomic E-state index is 0.0130. The highest BCUT2D eigenvalue weighted by Gasteiger charge is 2.34. The monoisotopic (exact) mass is 264 g/mol. The number of rotatable bonds is 2. The number of sulfonamides is 1. The van der Waals surface area contributed by atoms with Crippen molar-refractivity contribution in [1.82, 2.24) is 4.31 Å². The summed E-state index contributed by atoms with van der Waals surface area (Å²) >= 11 is 0. The Balaban J connectivity index is 2.44. The number of benzene rings is 1. The number of aliphatic hydroxyl groups is 1. The van der Waals surface area contributed by atoms with Crippen LogP contribution in [0.1, 0.15) is 5.56 Å². The molecule has 1 N–H and O–H groups in total. The van der Waals surface area contributed by atoms with Crippen molar-refractivity contribution in [3.05, 3.63) is 42.0 Å². The standard InChI is InChI=1S/C12H12N2O3S/c1-9-7-14(8-11(9)15)18(16,17)12-5-3-2-4-10(12)6-13/h2-5,11,15H,1,7-8H2. The summed E-state index contributed by atoms with van der Waals surface area (Å²) in [5.41, 5.74) is 0.567. The topological polar surface area (TPSA) is 81.4 Å². The predicted octanol–water partition coefficient (Wildman–Crippen LogP) is 0.480. The molecule has 6 heteroatoms. The van der Waals surface area contributed by atoms with E-state index < -0.39 is 16.1 Å². The summed E-state index contributed by atoms with van der Waals surface area (Å²) in [4.78, 5) is -0.0330. The Labute approximate surface area is 106 Å². The Hall–Kier alpha value is -1.68. The van der Waals surface area contributed by atoms with E-state index in [9.17, 15) is 13.5 Å². The summed E-state index contributed by atoms with van der Waals surface area (Å²) < 4.78 is 25.8. The fourth-order valence-corrected chi connectivity index (χ4v) is 3.42. The first kappa shape index (κ1) is 12.8. The van der Waals surface area contributed by atoms with Crippen LogP contribution in [0.5, 0.6) is 0 Å². The number of nitrogens with zero attached hydrogens (tertiary/aromatic N) is 2. The maximum absolute atomic E-state index is 12.3. The fraction of sp³-hybridized carbons (Fsp3) is 0.250. The zero-order valence-corrected chi connectivity index (χ0v) is 10.4. The van der Waals surface area contributed by atoms with Gasteiger partial charge in [-0.05, 0) is 17.7 Å². The van der Waals surface area contributed by atoms with E-state index in [4.69, 9.17) is 5.26 Å². The number of hydrogen-bond donors (Lipinski definition) is 1. The molecular formula is C12H12N2O3S. The molecule has 1 atom stereocenters. The van der Waals surface area contributed by atoms with Gasteiger partial charge >= 0.3 is 0 Å². The minimum Gasteiger partial charge on any atom is -0.387 e. The van der Waals surface area contributed by atoms with Crippen LogP contribution in [0.25, 0.3) is 0 Å². The zero-order valence-electron chi connectivity index (χ0n) is 9.57. The van der Waals surface area contributed by atoms with E-state index in [1.807, 2.05) is 6.07 Å². The number of hydrogen-bond acceptors (Lipinski definition) is 4. The van der Waals surface area contributed by atoms with Crippen LogP contribution in [0.15, 0.2) is 41.3 Å².